The third-order valence-electron chi connectivity index (χ3n) is 6.88. The number of aliphatic imine (C=N–C) groups is 1. The summed E-state index contributed by atoms with van der Waals surface area (Å²) in [4.78, 5) is 4.92. The zero-order valence-corrected chi connectivity index (χ0v) is 22.4. The highest BCUT2D eigenvalue weighted by molar-refractivity contribution is 5.94. The van der Waals surface area contributed by atoms with E-state index in [1.165, 1.54) is 11.1 Å². The maximum absolute atomic E-state index is 5.73. The Bertz CT molecular complexity index is 1700. The van der Waals surface area contributed by atoms with Crippen LogP contribution in [0.15, 0.2) is 151 Å². The number of hydrogen-bond donors (Lipinski definition) is 0. The summed E-state index contributed by atoms with van der Waals surface area (Å²) in [5.41, 5.74) is 9.85. The standard InChI is InChI=1S/C37H30N2O/c1-2-40-35-24-22-34(23-25-35)39-36(30-14-8-4-9-15-30)26-32(37(39)31-16-10-5-11-17-31)27-38-33-20-18-29(19-21-33)28-12-6-3-7-13-28/h3-27H,2H2,1H3. The zero-order valence-electron chi connectivity index (χ0n) is 22.4. The van der Waals surface area contributed by atoms with Gasteiger partial charge in [-0.3, -0.25) is 4.99 Å². The number of nitrogens with zero attached hydrogens (tertiary/aromatic N) is 2. The lowest BCUT2D eigenvalue weighted by Gasteiger charge is -2.15. The number of rotatable bonds is 8. The summed E-state index contributed by atoms with van der Waals surface area (Å²) in [5, 5.41) is 0. The van der Waals surface area contributed by atoms with Gasteiger partial charge in [0.2, 0.25) is 0 Å². The van der Waals surface area contributed by atoms with E-state index in [4.69, 9.17) is 9.73 Å². The van der Waals surface area contributed by atoms with Gasteiger partial charge in [0.05, 0.1) is 23.7 Å². The molecule has 40 heavy (non-hydrogen) atoms. The Balaban J connectivity index is 1.47. The summed E-state index contributed by atoms with van der Waals surface area (Å²) in [5.74, 6) is 0.863. The molecule has 194 valence electrons. The fourth-order valence-electron chi connectivity index (χ4n) is 4.98. The average Bonchev–Trinajstić information content (AvgIpc) is 3.42. The molecule has 0 atom stereocenters. The molecule has 0 spiro atoms. The molecular formula is C37H30N2O. The van der Waals surface area contributed by atoms with Gasteiger partial charge in [0, 0.05) is 17.5 Å². The van der Waals surface area contributed by atoms with Gasteiger partial charge in [0.25, 0.3) is 0 Å². The molecule has 3 heteroatoms. The van der Waals surface area contributed by atoms with Crippen LogP contribution >= 0.6 is 0 Å². The van der Waals surface area contributed by atoms with Crippen LogP contribution in [0.25, 0.3) is 39.3 Å². The Labute approximate surface area is 235 Å². The van der Waals surface area contributed by atoms with Gasteiger partial charge in [-0.2, -0.15) is 0 Å². The molecule has 5 aromatic carbocycles. The van der Waals surface area contributed by atoms with Crippen molar-refractivity contribution in [3.63, 3.8) is 0 Å². The van der Waals surface area contributed by atoms with Crippen molar-refractivity contribution in [1.29, 1.82) is 0 Å². The van der Waals surface area contributed by atoms with Crippen LogP contribution in [0.4, 0.5) is 5.69 Å². The highest BCUT2D eigenvalue weighted by Gasteiger charge is 2.18. The Morgan fingerprint density at radius 1 is 0.600 bits per heavy atom. The van der Waals surface area contributed by atoms with Crippen LogP contribution < -0.4 is 4.74 Å². The normalized spacial score (nSPS) is 11.1. The van der Waals surface area contributed by atoms with E-state index in [0.29, 0.717) is 6.61 Å². The van der Waals surface area contributed by atoms with Crippen molar-refractivity contribution in [1.82, 2.24) is 4.57 Å². The molecule has 3 nitrogen and oxygen atoms in total. The van der Waals surface area contributed by atoms with Crippen LogP contribution in [0.5, 0.6) is 5.75 Å². The van der Waals surface area contributed by atoms with Gasteiger partial charge in [-0.1, -0.05) is 103 Å². The molecule has 0 aliphatic rings. The second-order valence-corrected chi connectivity index (χ2v) is 9.50. The molecule has 6 rings (SSSR count). The van der Waals surface area contributed by atoms with Crippen molar-refractivity contribution in [3.05, 3.63) is 151 Å². The average molecular weight is 519 g/mol. The number of hydrogen-bond acceptors (Lipinski definition) is 2. The molecule has 0 bridgehead atoms. The number of benzene rings is 5. The van der Waals surface area contributed by atoms with Crippen molar-refractivity contribution in [2.45, 2.75) is 6.92 Å². The Morgan fingerprint density at radius 2 is 1.15 bits per heavy atom. The van der Waals surface area contributed by atoms with E-state index in [0.717, 1.165) is 45.2 Å². The highest BCUT2D eigenvalue weighted by Crippen LogP contribution is 2.36. The highest BCUT2D eigenvalue weighted by atomic mass is 16.5. The summed E-state index contributed by atoms with van der Waals surface area (Å²) in [6.07, 6.45) is 1.98. The van der Waals surface area contributed by atoms with Gasteiger partial charge in [0.1, 0.15) is 5.75 Å². The Hall–Kier alpha value is -5.15. The quantitative estimate of drug-likeness (QED) is 0.184. The smallest absolute Gasteiger partial charge is 0.119 e. The minimum absolute atomic E-state index is 0.639. The fraction of sp³-hybridized carbons (Fsp3) is 0.0541. The van der Waals surface area contributed by atoms with Crippen molar-refractivity contribution in [2.24, 2.45) is 4.99 Å². The molecule has 0 unspecified atom stereocenters. The van der Waals surface area contributed by atoms with E-state index < -0.39 is 0 Å². The molecule has 0 aliphatic heterocycles. The monoisotopic (exact) mass is 518 g/mol. The maximum Gasteiger partial charge on any atom is 0.119 e. The minimum Gasteiger partial charge on any atom is -0.494 e. The zero-order chi connectivity index (χ0) is 27.1. The van der Waals surface area contributed by atoms with E-state index in [1.54, 1.807) is 0 Å². The van der Waals surface area contributed by atoms with Gasteiger partial charge in [-0.25, -0.2) is 0 Å². The third-order valence-corrected chi connectivity index (χ3v) is 6.88. The maximum atomic E-state index is 5.73. The van der Waals surface area contributed by atoms with Crippen molar-refractivity contribution >= 4 is 11.9 Å². The van der Waals surface area contributed by atoms with Crippen LogP contribution in [0.2, 0.25) is 0 Å². The molecule has 0 saturated carbocycles. The predicted octanol–water partition coefficient (Wildman–Crippen LogP) is 9.63. The number of ether oxygens (including phenoxy) is 1. The predicted molar refractivity (Wildman–Crippen MR) is 167 cm³/mol. The minimum atomic E-state index is 0.639. The molecule has 0 saturated heterocycles. The van der Waals surface area contributed by atoms with Crippen LogP contribution in [0.1, 0.15) is 12.5 Å². The van der Waals surface area contributed by atoms with E-state index in [9.17, 15) is 0 Å². The first-order valence-corrected chi connectivity index (χ1v) is 13.6. The summed E-state index contributed by atoms with van der Waals surface area (Å²) >= 11 is 0. The summed E-state index contributed by atoms with van der Waals surface area (Å²) in [7, 11) is 0. The lowest BCUT2D eigenvalue weighted by atomic mass is 10.1. The molecule has 0 N–H and O–H groups in total. The van der Waals surface area contributed by atoms with Gasteiger partial charge in [0.15, 0.2) is 0 Å². The Morgan fingerprint density at radius 3 is 1.75 bits per heavy atom. The van der Waals surface area contributed by atoms with Crippen LogP contribution in [0, 0.1) is 0 Å². The van der Waals surface area contributed by atoms with Crippen LogP contribution in [0.3, 0.4) is 0 Å². The Kier molecular flexibility index (Phi) is 7.36. The largest absolute Gasteiger partial charge is 0.494 e. The summed E-state index contributed by atoms with van der Waals surface area (Å²) < 4.78 is 8.05. The molecular weight excluding hydrogens is 488 g/mol. The topological polar surface area (TPSA) is 26.5 Å². The molecule has 6 aromatic rings. The van der Waals surface area contributed by atoms with Crippen molar-refractivity contribution in [3.8, 4) is 45.1 Å². The van der Waals surface area contributed by atoms with Crippen LogP contribution in [-0.2, 0) is 0 Å². The van der Waals surface area contributed by atoms with E-state index in [2.05, 4.69) is 120 Å². The van der Waals surface area contributed by atoms with Crippen molar-refractivity contribution in [2.75, 3.05) is 6.61 Å². The summed E-state index contributed by atoms with van der Waals surface area (Å²) in [6, 6.07) is 50.4. The molecule has 0 radical (unpaired) electrons. The number of aromatic nitrogens is 1. The van der Waals surface area contributed by atoms with E-state index in [1.807, 2.05) is 43.5 Å². The molecule has 0 amide bonds. The molecule has 0 fully saturated rings. The SMILES string of the molecule is CCOc1ccc(-n2c(-c3ccccc3)cc(C=Nc3ccc(-c4ccccc4)cc3)c2-c2ccccc2)cc1. The lowest BCUT2D eigenvalue weighted by molar-refractivity contribution is 0.340. The van der Waals surface area contributed by atoms with E-state index >= 15 is 0 Å². The first kappa shape index (κ1) is 25.1. The second kappa shape index (κ2) is 11.7. The third kappa shape index (κ3) is 5.36. The molecule has 1 heterocycles. The lowest BCUT2D eigenvalue weighted by Crippen LogP contribution is -2.01. The van der Waals surface area contributed by atoms with Crippen LogP contribution in [-0.4, -0.2) is 17.4 Å². The second-order valence-electron chi connectivity index (χ2n) is 9.50. The first-order chi connectivity index (χ1) is 19.8. The van der Waals surface area contributed by atoms with Gasteiger partial charge in [-0.15, -0.1) is 0 Å². The molecule has 1 aromatic heterocycles. The van der Waals surface area contributed by atoms with Gasteiger partial charge in [-0.05, 0) is 71.6 Å². The van der Waals surface area contributed by atoms with Crippen molar-refractivity contribution < 1.29 is 4.74 Å². The van der Waals surface area contributed by atoms with E-state index in [-0.39, 0.29) is 0 Å². The molecule has 0 aliphatic carbocycles. The summed E-state index contributed by atoms with van der Waals surface area (Å²) in [6.45, 7) is 2.64. The first-order valence-electron chi connectivity index (χ1n) is 13.6. The van der Waals surface area contributed by atoms with Gasteiger partial charge >= 0.3 is 0 Å². The fourth-order valence-corrected chi connectivity index (χ4v) is 4.98. The van der Waals surface area contributed by atoms with Gasteiger partial charge < -0.3 is 9.30 Å².